The van der Waals surface area contributed by atoms with E-state index < -0.39 is 12.0 Å². The number of rotatable bonds is 8. The average molecular weight is 356 g/mol. The summed E-state index contributed by atoms with van der Waals surface area (Å²) in [7, 11) is 0. The van der Waals surface area contributed by atoms with Gasteiger partial charge in [0.1, 0.15) is 6.10 Å². The lowest BCUT2D eigenvalue weighted by Gasteiger charge is -2.10. The molecular weight excluding hydrogens is 334 g/mol. The summed E-state index contributed by atoms with van der Waals surface area (Å²) in [5, 5.41) is 24.1. The zero-order valence-corrected chi connectivity index (χ0v) is 13.9. The highest BCUT2D eigenvalue weighted by Crippen LogP contribution is 2.17. The lowest BCUT2D eigenvalue weighted by atomic mass is 10.1. The van der Waals surface area contributed by atoms with Gasteiger partial charge in [0.2, 0.25) is 11.8 Å². The van der Waals surface area contributed by atoms with Gasteiger partial charge in [-0.25, -0.2) is 0 Å². The molecule has 2 rings (SSSR count). The highest BCUT2D eigenvalue weighted by Gasteiger charge is 2.14. The van der Waals surface area contributed by atoms with Gasteiger partial charge in [0.05, 0.1) is 6.54 Å². The number of amides is 2. The summed E-state index contributed by atoms with van der Waals surface area (Å²) in [4.78, 5) is 26.2. The zero-order chi connectivity index (χ0) is 16.7. The fourth-order valence-electron chi connectivity index (χ4n) is 2.28. The summed E-state index contributed by atoms with van der Waals surface area (Å²) in [6.07, 6.45) is 1.26. The first kappa shape index (κ1) is 20.0. The van der Waals surface area contributed by atoms with Crippen molar-refractivity contribution in [3.8, 4) is 0 Å². The number of nitrogens with one attached hydrogen (secondary N) is 3. The molecular formula is C16H22ClN3O4. The molecule has 0 fully saturated rings. The molecule has 0 spiro atoms. The Hall–Kier alpha value is -2.09. The van der Waals surface area contributed by atoms with Crippen LogP contribution in [0, 0.1) is 0 Å². The molecule has 1 aromatic carbocycles. The SMILES string of the molecule is Cl.O=C(CNC(=O)C(O)CCO)NCCc1c[nH]c2ccccc12. The van der Waals surface area contributed by atoms with Gasteiger partial charge in [-0.05, 0) is 18.1 Å². The largest absolute Gasteiger partial charge is 0.396 e. The van der Waals surface area contributed by atoms with Crippen LogP contribution in [0.3, 0.4) is 0 Å². The van der Waals surface area contributed by atoms with Crippen LogP contribution in [0.25, 0.3) is 10.9 Å². The Labute approximate surface area is 145 Å². The van der Waals surface area contributed by atoms with Gasteiger partial charge in [-0.15, -0.1) is 12.4 Å². The Morgan fingerprint density at radius 3 is 2.71 bits per heavy atom. The molecule has 0 saturated heterocycles. The number of aliphatic hydroxyl groups excluding tert-OH is 2. The second-order valence-corrected chi connectivity index (χ2v) is 5.21. The zero-order valence-electron chi connectivity index (χ0n) is 13.1. The lowest BCUT2D eigenvalue weighted by molar-refractivity contribution is -0.132. The number of carbonyl (C=O) groups is 2. The second kappa shape index (κ2) is 9.92. The third-order valence-corrected chi connectivity index (χ3v) is 3.52. The summed E-state index contributed by atoms with van der Waals surface area (Å²) in [6, 6.07) is 7.93. The minimum Gasteiger partial charge on any atom is -0.396 e. The molecule has 0 aliphatic rings. The predicted molar refractivity (Wildman–Crippen MR) is 93.0 cm³/mol. The van der Waals surface area contributed by atoms with Gasteiger partial charge in [0, 0.05) is 36.7 Å². The van der Waals surface area contributed by atoms with Gasteiger partial charge in [0.15, 0.2) is 0 Å². The molecule has 8 heteroatoms. The van der Waals surface area contributed by atoms with Crippen molar-refractivity contribution < 1.29 is 19.8 Å². The first-order chi connectivity index (χ1) is 11.1. The Morgan fingerprint density at radius 2 is 1.96 bits per heavy atom. The number of hydrogen-bond acceptors (Lipinski definition) is 4. The number of aliphatic hydroxyl groups is 2. The number of para-hydroxylation sites is 1. The predicted octanol–water partition coefficient (Wildman–Crippen LogP) is 0.108. The Bertz CT molecular complexity index is 674. The van der Waals surface area contributed by atoms with Crippen LogP contribution < -0.4 is 10.6 Å². The van der Waals surface area contributed by atoms with E-state index in [2.05, 4.69) is 15.6 Å². The monoisotopic (exact) mass is 355 g/mol. The average Bonchev–Trinajstić information content (AvgIpc) is 2.96. The number of benzene rings is 1. The van der Waals surface area contributed by atoms with Crippen LogP contribution in [0.1, 0.15) is 12.0 Å². The molecule has 0 radical (unpaired) electrons. The van der Waals surface area contributed by atoms with Crippen LogP contribution in [0.4, 0.5) is 0 Å². The maximum absolute atomic E-state index is 11.7. The van der Waals surface area contributed by atoms with Crippen molar-refractivity contribution >= 4 is 35.1 Å². The van der Waals surface area contributed by atoms with E-state index in [1.165, 1.54) is 0 Å². The molecule has 0 aliphatic carbocycles. The first-order valence-corrected chi connectivity index (χ1v) is 7.50. The molecule has 0 saturated carbocycles. The number of carbonyl (C=O) groups excluding carboxylic acids is 2. The van der Waals surface area contributed by atoms with Gasteiger partial charge < -0.3 is 25.8 Å². The van der Waals surface area contributed by atoms with Crippen molar-refractivity contribution in [2.45, 2.75) is 18.9 Å². The number of H-pyrrole nitrogens is 1. The molecule has 24 heavy (non-hydrogen) atoms. The third kappa shape index (κ3) is 5.52. The third-order valence-electron chi connectivity index (χ3n) is 3.52. The molecule has 2 amide bonds. The van der Waals surface area contributed by atoms with E-state index in [0.717, 1.165) is 16.5 Å². The summed E-state index contributed by atoms with van der Waals surface area (Å²) in [5.74, 6) is -0.986. The Kier molecular flexibility index (Phi) is 8.25. The molecule has 1 aromatic heterocycles. The minimum atomic E-state index is -1.29. The van der Waals surface area contributed by atoms with E-state index in [1.807, 2.05) is 30.5 Å². The molecule has 1 heterocycles. The number of hydrogen-bond donors (Lipinski definition) is 5. The van der Waals surface area contributed by atoms with Crippen molar-refractivity contribution in [1.82, 2.24) is 15.6 Å². The van der Waals surface area contributed by atoms with Crippen molar-refractivity contribution in [3.63, 3.8) is 0 Å². The van der Waals surface area contributed by atoms with E-state index in [-0.39, 0.29) is 37.9 Å². The van der Waals surface area contributed by atoms with Gasteiger partial charge in [-0.3, -0.25) is 9.59 Å². The van der Waals surface area contributed by atoms with Crippen molar-refractivity contribution in [1.29, 1.82) is 0 Å². The number of aromatic nitrogens is 1. The summed E-state index contributed by atoms with van der Waals surface area (Å²) in [6.45, 7) is -0.0314. The molecule has 0 aliphatic heterocycles. The molecule has 132 valence electrons. The van der Waals surface area contributed by atoms with Crippen LogP contribution in [0.5, 0.6) is 0 Å². The fourth-order valence-corrected chi connectivity index (χ4v) is 2.28. The maximum Gasteiger partial charge on any atom is 0.249 e. The van der Waals surface area contributed by atoms with Gasteiger partial charge in [0.25, 0.3) is 0 Å². The van der Waals surface area contributed by atoms with Crippen LogP contribution in [0.15, 0.2) is 30.5 Å². The molecule has 7 nitrogen and oxygen atoms in total. The van der Waals surface area contributed by atoms with E-state index in [4.69, 9.17) is 5.11 Å². The summed E-state index contributed by atoms with van der Waals surface area (Å²) >= 11 is 0. The van der Waals surface area contributed by atoms with Crippen molar-refractivity contribution in [3.05, 3.63) is 36.0 Å². The standard InChI is InChI=1S/C16H21N3O4.ClH/c20-8-6-14(21)16(23)19-10-15(22)17-7-5-11-9-18-13-4-2-1-3-12(11)13;/h1-4,9,14,18,20-21H,5-8,10H2,(H,17,22)(H,19,23);1H. The molecule has 1 unspecified atom stereocenters. The van der Waals surface area contributed by atoms with Crippen LogP contribution in [-0.4, -0.2) is 52.8 Å². The highest BCUT2D eigenvalue weighted by molar-refractivity contribution is 5.87. The Balaban J connectivity index is 0.00000288. The van der Waals surface area contributed by atoms with Crippen LogP contribution in [-0.2, 0) is 16.0 Å². The summed E-state index contributed by atoms with van der Waals surface area (Å²) < 4.78 is 0. The lowest BCUT2D eigenvalue weighted by Crippen LogP contribution is -2.42. The quantitative estimate of drug-likeness (QED) is 0.462. The van der Waals surface area contributed by atoms with Gasteiger partial charge >= 0.3 is 0 Å². The second-order valence-electron chi connectivity index (χ2n) is 5.21. The Morgan fingerprint density at radius 1 is 1.21 bits per heavy atom. The molecule has 2 aromatic rings. The van der Waals surface area contributed by atoms with Crippen LogP contribution >= 0.6 is 12.4 Å². The highest BCUT2D eigenvalue weighted by atomic mass is 35.5. The van der Waals surface area contributed by atoms with Crippen molar-refractivity contribution in [2.75, 3.05) is 19.7 Å². The maximum atomic E-state index is 11.7. The number of aromatic amines is 1. The number of halogens is 1. The number of fused-ring (bicyclic) bond motifs is 1. The van der Waals surface area contributed by atoms with Gasteiger partial charge in [-0.2, -0.15) is 0 Å². The summed E-state index contributed by atoms with van der Waals surface area (Å²) in [5.41, 5.74) is 2.17. The van der Waals surface area contributed by atoms with Crippen molar-refractivity contribution in [2.24, 2.45) is 0 Å². The van der Waals surface area contributed by atoms with E-state index in [0.29, 0.717) is 13.0 Å². The normalized spacial score (nSPS) is 11.6. The minimum absolute atomic E-state index is 0. The molecule has 1 atom stereocenters. The molecule has 0 bridgehead atoms. The smallest absolute Gasteiger partial charge is 0.249 e. The topological polar surface area (TPSA) is 114 Å². The van der Waals surface area contributed by atoms with E-state index in [1.54, 1.807) is 0 Å². The van der Waals surface area contributed by atoms with Gasteiger partial charge in [-0.1, -0.05) is 18.2 Å². The van der Waals surface area contributed by atoms with E-state index in [9.17, 15) is 14.7 Å². The van der Waals surface area contributed by atoms with Crippen LogP contribution in [0.2, 0.25) is 0 Å². The molecule has 5 N–H and O–H groups in total. The first-order valence-electron chi connectivity index (χ1n) is 7.50. The fraction of sp³-hybridized carbons (Fsp3) is 0.375. The van der Waals surface area contributed by atoms with E-state index >= 15 is 0 Å².